The molecule has 0 bridgehead atoms. The number of rotatable bonds is 16. The van der Waals surface area contributed by atoms with Crippen LogP contribution in [0.4, 0.5) is 11.4 Å². The standard InChI is InChI=1S/C38H51N9/c39-26-30-12-14-31(15-13-30)27-46(36-24-32-8-4-5-11-37(32)38(25-36)43-34-16-21-41-22-17-34)28-35-29-47(45-44-35)23-7-19-40-18-6-20-42-33-9-2-1-3-10-33/h4-5,8,11-15,24-25,29,33-34,40-43H,1-3,6-7,9-10,16-23,27-28H2. The molecule has 9 heteroatoms. The normalized spacial score (nSPS) is 15.9. The Balaban J connectivity index is 1.09. The molecule has 2 heterocycles. The Labute approximate surface area is 280 Å². The van der Waals surface area contributed by atoms with Gasteiger partial charge in [-0.25, -0.2) is 0 Å². The lowest BCUT2D eigenvalue weighted by atomic mass is 9.95. The van der Waals surface area contributed by atoms with Crippen LogP contribution < -0.4 is 26.2 Å². The van der Waals surface area contributed by atoms with E-state index < -0.39 is 0 Å². The molecule has 4 N–H and O–H groups in total. The van der Waals surface area contributed by atoms with Crippen LogP contribution in [0.1, 0.15) is 74.6 Å². The summed E-state index contributed by atoms with van der Waals surface area (Å²) in [6.07, 6.45) is 13.4. The highest BCUT2D eigenvalue weighted by Gasteiger charge is 2.18. The Morgan fingerprint density at radius 2 is 1.68 bits per heavy atom. The zero-order valence-corrected chi connectivity index (χ0v) is 27.8. The Kier molecular flexibility index (Phi) is 12.1. The average molecular weight is 634 g/mol. The maximum absolute atomic E-state index is 9.33. The van der Waals surface area contributed by atoms with Crippen molar-refractivity contribution in [1.82, 2.24) is 30.9 Å². The number of hydrogen-bond donors (Lipinski definition) is 4. The molecule has 0 atom stereocenters. The predicted molar refractivity (Wildman–Crippen MR) is 192 cm³/mol. The fourth-order valence-electron chi connectivity index (χ4n) is 6.96. The highest BCUT2D eigenvalue weighted by atomic mass is 15.4. The maximum atomic E-state index is 9.33. The largest absolute Gasteiger partial charge is 0.382 e. The van der Waals surface area contributed by atoms with Gasteiger partial charge in [-0.2, -0.15) is 5.26 Å². The Bertz CT molecular complexity index is 1560. The van der Waals surface area contributed by atoms with Gasteiger partial charge in [0.15, 0.2) is 0 Å². The summed E-state index contributed by atoms with van der Waals surface area (Å²) in [4.78, 5) is 2.37. The molecule has 3 aromatic carbocycles. The number of fused-ring (bicyclic) bond motifs is 1. The molecular weight excluding hydrogens is 582 g/mol. The second kappa shape index (κ2) is 17.3. The van der Waals surface area contributed by atoms with Crippen molar-refractivity contribution in [1.29, 1.82) is 5.26 Å². The highest BCUT2D eigenvalue weighted by molar-refractivity contribution is 5.97. The van der Waals surface area contributed by atoms with Crippen LogP contribution in [0.25, 0.3) is 10.8 Å². The van der Waals surface area contributed by atoms with Gasteiger partial charge in [-0.15, -0.1) is 5.10 Å². The molecule has 1 aliphatic heterocycles. The first-order chi connectivity index (χ1) is 23.2. The van der Waals surface area contributed by atoms with E-state index in [1.54, 1.807) is 0 Å². The van der Waals surface area contributed by atoms with Crippen molar-refractivity contribution in [3.8, 4) is 6.07 Å². The maximum Gasteiger partial charge on any atom is 0.102 e. The summed E-state index contributed by atoms with van der Waals surface area (Å²) in [6, 6.07) is 24.6. The van der Waals surface area contributed by atoms with Crippen LogP contribution in [0.5, 0.6) is 0 Å². The summed E-state index contributed by atoms with van der Waals surface area (Å²) in [5.74, 6) is 0. The molecule has 1 saturated carbocycles. The summed E-state index contributed by atoms with van der Waals surface area (Å²) >= 11 is 0. The van der Waals surface area contributed by atoms with Crippen molar-refractivity contribution in [2.75, 3.05) is 42.9 Å². The molecule has 9 nitrogen and oxygen atoms in total. The Hall–Kier alpha value is -3.97. The number of aryl methyl sites for hydroxylation is 1. The van der Waals surface area contributed by atoms with Gasteiger partial charge in [-0.05, 0) is 106 Å². The van der Waals surface area contributed by atoms with Crippen LogP contribution >= 0.6 is 0 Å². The lowest BCUT2D eigenvalue weighted by molar-refractivity contribution is 0.371. The minimum Gasteiger partial charge on any atom is -0.382 e. The summed E-state index contributed by atoms with van der Waals surface area (Å²) in [6.45, 7) is 7.40. The summed E-state index contributed by atoms with van der Waals surface area (Å²) in [5.41, 5.74) is 5.09. The number of nitrogens with zero attached hydrogens (tertiary/aromatic N) is 5. The van der Waals surface area contributed by atoms with Gasteiger partial charge < -0.3 is 26.2 Å². The molecule has 0 radical (unpaired) electrons. The fourth-order valence-corrected chi connectivity index (χ4v) is 6.96. The molecule has 47 heavy (non-hydrogen) atoms. The molecule has 248 valence electrons. The Morgan fingerprint density at radius 3 is 2.51 bits per heavy atom. The molecule has 0 unspecified atom stereocenters. The smallest absolute Gasteiger partial charge is 0.102 e. The number of benzene rings is 3. The second-order valence-corrected chi connectivity index (χ2v) is 13.3. The topological polar surface area (TPSA) is 106 Å². The zero-order valence-electron chi connectivity index (χ0n) is 27.8. The van der Waals surface area contributed by atoms with E-state index in [-0.39, 0.29) is 0 Å². The molecule has 1 aromatic heterocycles. The van der Waals surface area contributed by atoms with Gasteiger partial charge >= 0.3 is 0 Å². The van der Waals surface area contributed by atoms with Crippen LogP contribution in [0.2, 0.25) is 0 Å². The molecular formula is C38H51N9. The van der Waals surface area contributed by atoms with E-state index in [1.165, 1.54) is 55.0 Å². The first kappa shape index (κ1) is 33.0. The molecule has 1 aliphatic carbocycles. The Morgan fingerprint density at radius 1 is 0.872 bits per heavy atom. The van der Waals surface area contributed by atoms with Crippen molar-refractivity contribution >= 4 is 22.1 Å². The number of aromatic nitrogens is 3. The van der Waals surface area contributed by atoms with E-state index in [0.717, 1.165) is 81.5 Å². The number of nitriles is 1. The number of anilines is 2. The van der Waals surface area contributed by atoms with Crippen molar-refractivity contribution in [2.24, 2.45) is 0 Å². The van der Waals surface area contributed by atoms with E-state index >= 15 is 0 Å². The first-order valence-electron chi connectivity index (χ1n) is 17.8. The van der Waals surface area contributed by atoms with E-state index in [2.05, 4.69) is 97.3 Å². The lowest BCUT2D eigenvalue weighted by Crippen LogP contribution is -2.35. The molecule has 6 rings (SSSR count). The molecule has 2 fully saturated rings. The van der Waals surface area contributed by atoms with Gasteiger partial charge in [0.2, 0.25) is 0 Å². The monoisotopic (exact) mass is 633 g/mol. The second-order valence-electron chi connectivity index (χ2n) is 13.3. The molecule has 2 aliphatic rings. The fraction of sp³-hybridized carbons (Fsp3) is 0.500. The lowest BCUT2D eigenvalue weighted by Gasteiger charge is -2.28. The summed E-state index contributed by atoms with van der Waals surface area (Å²) in [5, 5.41) is 35.6. The minimum absolute atomic E-state index is 0.453. The van der Waals surface area contributed by atoms with Crippen LogP contribution in [-0.2, 0) is 19.6 Å². The first-order valence-corrected chi connectivity index (χ1v) is 17.8. The predicted octanol–water partition coefficient (Wildman–Crippen LogP) is 5.97. The number of piperidine rings is 1. The molecule has 0 spiro atoms. The van der Waals surface area contributed by atoms with Gasteiger partial charge in [0.25, 0.3) is 0 Å². The van der Waals surface area contributed by atoms with Gasteiger partial charge in [-0.1, -0.05) is 60.9 Å². The number of hydrogen-bond acceptors (Lipinski definition) is 8. The van der Waals surface area contributed by atoms with Crippen LogP contribution in [0, 0.1) is 11.3 Å². The van der Waals surface area contributed by atoms with Gasteiger partial charge in [0.05, 0.1) is 24.4 Å². The third-order valence-electron chi connectivity index (χ3n) is 9.62. The third-order valence-corrected chi connectivity index (χ3v) is 9.62. The number of nitrogens with one attached hydrogen (secondary N) is 4. The minimum atomic E-state index is 0.453. The SMILES string of the molecule is N#Cc1ccc(CN(Cc2cn(CCCNCCCNC3CCCCC3)nn2)c2cc(NC3CCNCC3)c3ccccc3c2)cc1. The highest BCUT2D eigenvalue weighted by Crippen LogP contribution is 2.33. The average Bonchev–Trinajstić information content (AvgIpc) is 3.57. The van der Waals surface area contributed by atoms with E-state index in [0.29, 0.717) is 24.7 Å². The van der Waals surface area contributed by atoms with E-state index in [1.807, 2.05) is 16.8 Å². The van der Waals surface area contributed by atoms with Crippen LogP contribution in [0.15, 0.2) is 66.9 Å². The van der Waals surface area contributed by atoms with E-state index in [4.69, 9.17) is 0 Å². The van der Waals surface area contributed by atoms with Gasteiger partial charge in [0.1, 0.15) is 5.69 Å². The molecule has 0 amide bonds. The quantitative estimate of drug-likeness (QED) is 0.112. The van der Waals surface area contributed by atoms with Crippen molar-refractivity contribution in [3.05, 3.63) is 83.7 Å². The third kappa shape index (κ3) is 9.77. The van der Waals surface area contributed by atoms with E-state index in [9.17, 15) is 5.26 Å². The van der Waals surface area contributed by atoms with Gasteiger partial charge in [-0.3, -0.25) is 4.68 Å². The van der Waals surface area contributed by atoms with Crippen LogP contribution in [0.3, 0.4) is 0 Å². The summed E-state index contributed by atoms with van der Waals surface area (Å²) < 4.78 is 1.98. The molecule has 1 saturated heterocycles. The van der Waals surface area contributed by atoms with Crippen molar-refractivity contribution < 1.29 is 0 Å². The van der Waals surface area contributed by atoms with Crippen molar-refractivity contribution in [3.63, 3.8) is 0 Å². The summed E-state index contributed by atoms with van der Waals surface area (Å²) in [7, 11) is 0. The van der Waals surface area contributed by atoms with Gasteiger partial charge in [0, 0.05) is 41.9 Å². The molecule has 4 aromatic rings. The zero-order chi connectivity index (χ0) is 32.1. The van der Waals surface area contributed by atoms with Crippen LogP contribution in [-0.4, -0.2) is 59.8 Å². The van der Waals surface area contributed by atoms with Crippen molar-refractivity contribution in [2.45, 2.75) is 89.5 Å².